The van der Waals surface area contributed by atoms with Gasteiger partial charge in [0.05, 0.1) is 12.2 Å². The van der Waals surface area contributed by atoms with Gasteiger partial charge in [0.15, 0.2) is 12.0 Å². The highest BCUT2D eigenvalue weighted by atomic mass is 32.2. The molecule has 2 rings (SSSR count). The van der Waals surface area contributed by atoms with E-state index in [0.29, 0.717) is 12.9 Å². The van der Waals surface area contributed by atoms with Gasteiger partial charge < -0.3 is 9.15 Å². The molecule has 0 bridgehead atoms. The van der Waals surface area contributed by atoms with E-state index < -0.39 is 15.6 Å². The Morgan fingerprint density at radius 1 is 1.39 bits per heavy atom. The van der Waals surface area contributed by atoms with Crippen molar-refractivity contribution in [1.82, 2.24) is 4.31 Å². The fourth-order valence-corrected chi connectivity index (χ4v) is 3.33. The fourth-order valence-electron chi connectivity index (χ4n) is 1.84. The number of aldehydes is 1. The second kappa shape index (κ2) is 4.49. The van der Waals surface area contributed by atoms with Crippen molar-refractivity contribution in [2.45, 2.75) is 24.5 Å². The van der Waals surface area contributed by atoms with Crippen LogP contribution in [0.1, 0.15) is 24.4 Å². The Hall–Kier alpha value is -1.18. The number of carbonyl (C=O) groups excluding carboxylic acids is 1. The molecule has 100 valence electrons. The van der Waals surface area contributed by atoms with E-state index >= 15 is 0 Å². The Morgan fingerprint density at radius 3 is 2.67 bits per heavy atom. The molecule has 7 heteroatoms. The van der Waals surface area contributed by atoms with Crippen LogP contribution in [0.15, 0.2) is 21.6 Å². The second-order valence-corrected chi connectivity index (χ2v) is 6.59. The van der Waals surface area contributed by atoms with Crippen LogP contribution in [0.3, 0.4) is 0 Å². The van der Waals surface area contributed by atoms with Gasteiger partial charge in [-0.1, -0.05) is 0 Å². The molecule has 0 saturated carbocycles. The average molecular weight is 273 g/mol. The summed E-state index contributed by atoms with van der Waals surface area (Å²) in [6, 6.07) is 2.63. The third-order valence-corrected chi connectivity index (χ3v) is 4.42. The number of rotatable bonds is 3. The highest BCUT2D eigenvalue weighted by Crippen LogP contribution is 2.24. The molecule has 0 radical (unpaired) electrons. The summed E-state index contributed by atoms with van der Waals surface area (Å²) in [5.41, 5.74) is -0.522. The summed E-state index contributed by atoms with van der Waals surface area (Å²) in [7, 11) is -3.69. The summed E-state index contributed by atoms with van der Waals surface area (Å²) in [5, 5.41) is -0.206. The SMILES string of the molecule is CC1(C)CN(S(=O)(=O)c2ccc(C=O)o2)CCO1. The van der Waals surface area contributed by atoms with Crippen molar-refractivity contribution >= 4 is 16.3 Å². The molecule has 1 aliphatic rings. The van der Waals surface area contributed by atoms with Crippen LogP contribution in [0.4, 0.5) is 0 Å². The van der Waals surface area contributed by atoms with Gasteiger partial charge in [-0.25, -0.2) is 8.42 Å². The van der Waals surface area contributed by atoms with Gasteiger partial charge in [0.1, 0.15) is 0 Å². The first-order valence-electron chi connectivity index (χ1n) is 5.54. The van der Waals surface area contributed by atoms with E-state index in [1.54, 1.807) is 0 Å². The number of furan rings is 1. The highest BCUT2D eigenvalue weighted by Gasteiger charge is 2.36. The van der Waals surface area contributed by atoms with Crippen molar-refractivity contribution in [2.24, 2.45) is 0 Å². The Bertz CT molecular complexity index is 546. The van der Waals surface area contributed by atoms with Crippen molar-refractivity contribution in [3.8, 4) is 0 Å². The molecular weight excluding hydrogens is 258 g/mol. The predicted octanol–water partition coefficient (Wildman–Crippen LogP) is 0.892. The van der Waals surface area contributed by atoms with Crippen LogP contribution in [-0.2, 0) is 14.8 Å². The molecule has 18 heavy (non-hydrogen) atoms. The lowest BCUT2D eigenvalue weighted by Crippen LogP contribution is -2.50. The molecule has 6 nitrogen and oxygen atoms in total. The standard InChI is InChI=1S/C11H15NO5S/c1-11(2)8-12(5-6-16-11)18(14,15)10-4-3-9(7-13)17-10/h3-4,7H,5-6,8H2,1-2H3. The largest absolute Gasteiger partial charge is 0.440 e. The third kappa shape index (κ3) is 2.47. The molecular formula is C11H15NO5S. The molecule has 0 unspecified atom stereocenters. The maximum atomic E-state index is 12.3. The highest BCUT2D eigenvalue weighted by molar-refractivity contribution is 7.89. The Labute approximate surface area is 106 Å². The number of morpholine rings is 1. The molecule has 1 aromatic heterocycles. The van der Waals surface area contributed by atoms with Gasteiger partial charge in [0.2, 0.25) is 5.09 Å². The monoisotopic (exact) mass is 273 g/mol. The van der Waals surface area contributed by atoms with Crippen molar-refractivity contribution in [3.05, 3.63) is 17.9 Å². The molecule has 1 aromatic rings. The zero-order valence-corrected chi connectivity index (χ0v) is 11.1. The van der Waals surface area contributed by atoms with Crippen molar-refractivity contribution in [2.75, 3.05) is 19.7 Å². The first-order valence-corrected chi connectivity index (χ1v) is 6.98. The number of ether oxygens (including phenoxy) is 1. The first kappa shape index (κ1) is 13.3. The fraction of sp³-hybridized carbons (Fsp3) is 0.545. The lowest BCUT2D eigenvalue weighted by atomic mass is 10.1. The van der Waals surface area contributed by atoms with Crippen LogP contribution in [0, 0.1) is 0 Å². The summed E-state index contributed by atoms with van der Waals surface area (Å²) in [4.78, 5) is 10.5. The van der Waals surface area contributed by atoms with Crippen LogP contribution >= 0.6 is 0 Å². The lowest BCUT2D eigenvalue weighted by molar-refractivity contribution is -0.0642. The molecule has 0 amide bonds. The lowest BCUT2D eigenvalue weighted by Gasteiger charge is -2.36. The van der Waals surface area contributed by atoms with E-state index in [2.05, 4.69) is 0 Å². The van der Waals surface area contributed by atoms with Crippen LogP contribution in [-0.4, -0.2) is 44.3 Å². The second-order valence-electron chi connectivity index (χ2n) is 4.72. The summed E-state index contributed by atoms with van der Waals surface area (Å²) >= 11 is 0. The minimum Gasteiger partial charge on any atom is -0.440 e. The molecule has 1 saturated heterocycles. The Balaban J connectivity index is 2.28. The van der Waals surface area contributed by atoms with E-state index in [9.17, 15) is 13.2 Å². The van der Waals surface area contributed by atoms with E-state index in [0.717, 1.165) is 0 Å². The van der Waals surface area contributed by atoms with Gasteiger partial charge in [-0.2, -0.15) is 4.31 Å². The molecule has 1 aliphatic heterocycles. The van der Waals surface area contributed by atoms with Crippen LogP contribution in [0.2, 0.25) is 0 Å². The minimum atomic E-state index is -3.69. The first-order chi connectivity index (χ1) is 8.35. The number of nitrogens with zero attached hydrogens (tertiary/aromatic N) is 1. The number of sulfonamides is 1. The summed E-state index contributed by atoms with van der Waals surface area (Å²) < 4.78 is 36.3. The maximum absolute atomic E-state index is 12.3. The zero-order valence-electron chi connectivity index (χ0n) is 10.3. The van der Waals surface area contributed by atoms with E-state index in [4.69, 9.17) is 9.15 Å². The van der Waals surface area contributed by atoms with Crippen LogP contribution < -0.4 is 0 Å². The van der Waals surface area contributed by atoms with Gasteiger partial charge in [-0.3, -0.25) is 4.79 Å². The summed E-state index contributed by atoms with van der Waals surface area (Å²) in [6.07, 6.45) is 0.474. The quantitative estimate of drug-likeness (QED) is 0.764. The van der Waals surface area contributed by atoms with E-state index in [-0.39, 0.29) is 23.9 Å². The molecule has 0 N–H and O–H groups in total. The molecule has 0 atom stereocenters. The van der Waals surface area contributed by atoms with Crippen LogP contribution in [0.25, 0.3) is 0 Å². The van der Waals surface area contributed by atoms with Gasteiger partial charge in [-0.15, -0.1) is 0 Å². The molecule has 1 fully saturated rings. The van der Waals surface area contributed by atoms with Gasteiger partial charge in [0.25, 0.3) is 10.0 Å². The van der Waals surface area contributed by atoms with Gasteiger partial charge in [-0.05, 0) is 26.0 Å². The minimum absolute atomic E-state index is 0.00101. The van der Waals surface area contributed by atoms with Crippen molar-refractivity contribution in [3.63, 3.8) is 0 Å². The van der Waals surface area contributed by atoms with Crippen molar-refractivity contribution in [1.29, 1.82) is 0 Å². The molecule has 0 aliphatic carbocycles. The molecule has 0 aromatic carbocycles. The number of carbonyl (C=O) groups is 1. The average Bonchev–Trinajstić information content (AvgIpc) is 2.76. The Morgan fingerprint density at radius 2 is 2.11 bits per heavy atom. The summed E-state index contributed by atoms with van der Waals surface area (Å²) in [5.74, 6) is 0.00101. The van der Waals surface area contributed by atoms with Gasteiger partial charge >= 0.3 is 0 Å². The number of hydrogen-bond donors (Lipinski definition) is 0. The van der Waals surface area contributed by atoms with Gasteiger partial charge in [0, 0.05) is 13.1 Å². The zero-order chi connectivity index (χ0) is 13.4. The molecule has 2 heterocycles. The maximum Gasteiger partial charge on any atom is 0.276 e. The summed E-state index contributed by atoms with van der Waals surface area (Å²) in [6.45, 7) is 4.53. The molecule has 0 spiro atoms. The normalized spacial score (nSPS) is 20.8. The smallest absolute Gasteiger partial charge is 0.276 e. The predicted molar refractivity (Wildman–Crippen MR) is 62.9 cm³/mol. The van der Waals surface area contributed by atoms with E-state index in [1.165, 1.54) is 16.4 Å². The topological polar surface area (TPSA) is 76.8 Å². The van der Waals surface area contributed by atoms with Crippen LogP contribution in [0.5, 0.6) is 0 Å². The Kier molecular flexibility index (Phi) is 3.31. The third-order valence-electron chi connectivity index (χ3n) is 2.70. The van der Waals surface area contributed by atoms with E-state index in [1.807, 2.05) is 13.8 Å². The number of hydrogen-bond acceptors (Lipinski definition) is 5. The van der Waals surface area contributed by atoms with Crippen molar-refractivity contribution < 1.29 is 22.4 Å².